The third kappa shape index (κ3) is 3.31. The van der Waals surface area contributed by atoms with Gasteiger partial charge in [-0.2, -0.15) is 0 Å². The minimum absolute atomic E-state index is 0.144. The highest BCUT2D eigenvalue weighted by atomic mass is 19.1. The zero-order chi connectivity index (χ0) is 10.5. The lowest BCUT2D eigenvalue weighted by atomic mass is 10.2. The summed E-state index contributed by atoms with van der Waals surface area (Å²) in [4.78, 5) is 2.47. The van der Waals surface area contributed by atoms with E-state index in [4.69, 9.17) is 0 Å². The van der Waals surface area contributed by atoms with Crippen LogP contribution >= 0.6 is 0 Å². The summed E-state index contributed by atoms with van der Waals surface area (Å²) < 4.78 is 12.7. The summed E-state index contributed by atoms with van der Waals surface area (Å²) in [7, 11) is 0. The topological polar surface area (TPSA) is 3.24 Å². The molecule has 0 unspecified atom stereocenters. The first-order chi connectivity index (χ1) is 7.34. The molecule has 0 radical (unpaired) electrons. The van der Waals surface area contributed by atoms with E-state index in [1.807, 2.05) is 12.1 Å². The van der Waals surface area contributed by atoms with E-state index in [9.17, 15) is 4.39 Å². The van der Waals surface area contributed by atoms with Crippen molar-refractivity contribution in [3.63, 3.8) is 0 Å². The van der Waals surface area contributed by atoms with E-state index in [1.165, 1.54) is 44.3 Å². The molecule has 1 heterocycles. The van der Waals surface area contributed by atoms with Crippen molar-refractivity contribution in [2.45, 2.75) is 32.2 Å². The zero-order valence-electron chi connectivity index (χ0n) is 9.08. The summed E-state index contributed by atoms with van der Waals surface area (Å²) >= 11 is 0. The van der Waals surface area contributed by atoms with Gasteiger partial charge in [-0.25, -0.2) is 4.39 Å². The predicted molar refractivity (Wildman–Crippen MR) is 60.1 cm³/mol. The number of rotatable bonds is 2. The van der Waals surface area contributed by atoms with Crippen LogP contribution in [0, 0.1) is 5.82 Å². The van der Waals surface area contributed by atoms with Crippen molar-refractivity contribution in [3.8, 4) is 0 Å². The Kier molecular flexibility index (Phi) is 3.73. The highest BCUT2D eigenvalue weighted by Gasteiger charge is 2.08. The van der Waals surface area contributed by atoms with Crippen LogP contribution in [-0.4, -0.2) is 18.0 Å². The summed E-state index contributed by atoms with van der Waals surface area (Å²) in [6.45, 7) is 3.36. The Bertz CT molecular complexity index is 286. The molecule has 82 valence electrons. The summed E-state index contributed by atoms with van der Waals surface area (Å²) in [6, 6.07) is 6.88. The molecule has 1 fully saturated rings. The minimum Gasteiger partial charge on any atom is -0.299 e. The fourth-order valence-corrected chi connectivity index (χ4v) is 2.14. The van der Waals surface area contributed by atoms with Crippen molar-refractivity contribution < 1.29 is 4.39 Å². The third-order valence-corrected chi connectivity index (χ3v) is 3.02. The third-order valence-electron chi connectivity index (χ3n) is 3.02. The fraction of sp³-hybridized carbons (Fsp3) is 0.538. The van der Waals surface area contributed by atoms with E-state index < -0.39 is 0 Å². The van der Waals surface area contributed by atoms with Gasteiger partial charge in [0.25, 0.3) is 0 Å². The van der Waals surface area contributed by atoms with E-state index in [0.29, 0.717) is 0 Å². The van der Waals surface area contributed by atoms with Crippen LogP contribution in [0.15, 0.2) is 24.3 Å². The lowest BCUT2D eigenvalue weighted by Crippen LogP contribution is -2.23. The van der Waals surface area contributed by atoms with Crippen LogP contribution in [0.5, 0.6) is 0 Å². The maximum Gasteiger partial charge on any atom is 0.123 e. The Morgan fingerprint density at radius 2 is 1.53 bits per heavy atom. The molecule has 0 aromatic heterocycles. The first-order valence-electron chi connectivity index (χ1n) is 5.81. The van der Waals surface area contributed by atoms with Gasteiger partial charge in [0.05, 0.1) is 0 Å². The predicted octanol–water partition coefficient (Wildman–Crippen LogP) is 3.20. The molecule has 0 atom stereocenters. The zero-order valence-corrected chi connectivity index (χ0v) is 9.08. The number of likely N-dealkylation sites (tertiary alicyclic amines) is 1. The molecule has 1 aromatic rings. The van der Waals surface area contributed by atoms with Crippen LogP contribution in [0.3, 0.4) is 0 Å². The number of hydrogen-bond donors (Lipinski definition) is 0. The molecule has 0 amide bonds. The first-order valence-corrected chi connectivity index (χ1v) is 5.81. The Morgan fingerprint density at radius 3 is 2.13 bits per heavy atom. The van der Waals surface area contributed by atoms with Crippen molar-refractivity contribution in [2.75, 3.05) is 13.1 Å². The highest BCUT2D eigenvalue weighted by Crippen LogP contribution is 2.13. The van der Waals surface area contributed by atoms with Gasteiger partial charge in [0.1, 0.15) is 5.82 Å². The van der Waals surface area contributed by atoms with Crippen molar-refractivity contribution in [1.29, 1.82) is 0 Å². The lowest BCUT2D eigenvalue weighted by molar-refractivity contribution is 0.277. The van der Waals surface area contributed by atoms with Gasteiger partial charge in [-0.15, -0.1) is 0 Å². The maximum absolute atomic E-state index is 12.7. The van der Waals surface area contributed by atoms with E-state index in [-0.39, 0.29) is 5.82 Å². The highest BCUT2D eigenvalue weighted by molar-refractivity contribution is 5.15. The van der Waals surface area contributed by atoms with Gasteiger partial charge in [0, 0.05) is 6.54 Å². The second kappa shape index (κ2) is 5.26. The molecule has 1 aromatic carbocycles. The van der Waals surface area contributed by atoms with Gasteiger partial charge < -0.3 is 0 Å². The number of hydrogen-bond acceptors (Lipinski definition) is 1. The lowest BCUT2D eigenvalue weighted by Gasteiger charge is -2.19. The van der Waals surface area contributed by atoms with Gasteiger partial charge in [-0.05, 0) is 43.6 Å². The molecule has 1 saturated heterocycles. The molecule has 1 aliphatic heterocycles. The summed E-state index contributed by atoms with van der Waals surface area (Å²) in [5, 5.41) is 0. The Labute approximate surface area is 90.9 Å². The van der Waals surface area contributed by atoms with E-state index in [2.05, 4.69) is 4.90 Å². The largest absolute Gasteiger partial charge is 0.299 e. The van der Waals surface area contributed by atoms with Crippen LogP contribution in [0.1, 0.15) is 31.2 Å². The van der Waals surface area contributed by atoms with Gasteiger partial charge in [-0.1, -0.05) is 25.0 Å². The molecule has 2 rings (SSSR count). The minimum atomic E-state index is -0.144. The van der Waals surface area contributed by atoms with Gasteiger partial charge in [0.2, 0.25) is 0 Å². The molecule has 2 heteroatoms. The smallest absolute Gasteiger partial charge is 0.123 e. The molecule has 0 saturated carbocycles. The molecule has 0 aliphatic carbocycles. The van der Waals surface area contributed by atoms with Crippen LogP contribution in [0.4, 0.5) is 4.39 Å². The van der Waals surface area contributed by atoms with Crippen molar-refractivity contribution >= 4 is 0 Å². The average molecular weight is 207 g/mol. The van der Waals surface area contributed by atoms with Crippen LogP contribution in [-0.2, 0) is 6.54 Å². The standard InChI is InChI=1S/C13H18FN/c14-13-7-5-12(6-8-13)11-15-9-3-1-2-4-10-15/h5-8H,1-4,9-11H2. The maximum atomic E-state index is 12.7. The molecule has 0 bridgehead atoms. The molecule has 0 spiro atoms. The van der Waals surface area contributed by atoms with Gasteiger partial charge in [0.15, 0.2) is 0 Å². The van der Waals surface area contributed by atoms with Gasteiger partial charge in [-0.3, -0.25) is 4.90 Å². The van der Waals surface area contributed by atoms with E-state index >= 15 is 0 Å². The van der Waals surface area contributed by atoms with Crippen molar-refractivity contribution in [1.82, 2.24) is 4.90 Å². The van der Waals surface area contributed by atoms with Crippen molar-refractivity contribution in [3.05, 3.63) is 35.6 Å². The molecule has 15 heavy (non-hydrogen) atoms. The van der Waals surface area contributed by atoms with Crippen LogP contribution < -0.4 is 0 Å². The second-order valence-corrected chi connectivity index (χ2v) is 4.32. The SMILES string of the molecule is Fc1ccc(CN2CCCCCC2)cc1. The second-order valence-electron chi connectivity index (χ2n) is 4.32. The summed E-state index contributed by atoms with van der Waals surface area (Å²) in [5.74, 6) is -0.144. The quantitative estimate of drug-likeness (QED) is 0.719. The first kappa shape index (κ1) is 10.6. The normalized spacial score (nSPS) is 18.7. The van der Waals surface area contributed by atoms with Crippen molar-refractivity contribution in [2.24, 2.45) is 0 Å². The Morgan fingerprint density at radius 1 is 0.933 bits per heavy atom. The van der Waals surface area contributed by atoms with Crippen LogP contribution in [0.25, 0.3) is 0 Å². The fourth-order valence-electron chi connectivity index (χ4n) is 2.14. The van der Waals surface area contributed by atoms with E-state index in [0.717, 1.165) is 6.54 Å². The molecule has 0 N–H and O–H groups in total. The summed E-state index contributed by atoms with van der Waals surface area (Å²) in [6.07, 6.45) is 5.34. The van der Waals surface area contributed by atoms with Gasteiger partial charge >= 0.3 is 0 Å². The number of nitrogens with zero attached hydrogens (tertiary/aromatic N) is 1. The summed E-state index contributed by atoms with van der Waals surface area (Å²) in [5.41, 5.74) is 1.22. The monoisotopic (exact) mass is 207 g/mol. The molecule has 1 aliphatic rings. The van der Waals surface area contributed by atoms with Crippen LogP contribution in [0.2, 0.25) is 0 Å². The Balaban J connectivity index is 1.92. The Hall–Kier alpha value is -0.890. The van der Waals surface area contributed by atoms with E-state index in [1.54, 1.807) is 12.1 Å². The molecular formula is C13H18FN. The molecular weight excluding hydrogens is 189 g/mol. The molecule has 1 nitrogen and oxygen atoms in total. The number of benzene rings is 1. The number of halogens is 1. The average Bonchev–Trinajstić information content (AvgIpc) is 2.50.